The molecule has 0 heterocycles. The molecule has 2 nitrogen and oxygen atoms in total. The molecule has 0 bridgehead atoms. The second-order valence-electron chi connectivity index (χ2n) is 5.36. The number of nitrogens with one attached hydrogen (secondary N) is 2. The minimum absolute atomic E-state index is 0.636. The third-order valence-corrected chi connectivity index (χ3v) is 3.82. The summed E-state index contributed by atoms with van der Waals surface area (Å²) in [5.41, 5.74) is 3.45. The number of rotatable bonds is 3. The van der Waals surface area contributed by atoms with Gasteiger partial charge in [0.2, 0.25) is 0 Å². The van der Waals surface area contributed by atoms with E-state index in [-0.39, 0.29) is 0 Å². The van der Waals surface area contributed by atoms with Crippen molar-refractivity contribution in [3.63, 3.8) is 0 Å². The van der Waals surface area contributed by atoms with Gasteiger partial charge in [0.1, 0.15) is 0 Å². The summed E-state index contributed by atoms with van der Waals surface area (Å²) in [6.07, 6.45) is 0. The van der Waals surface area contributed by atoms with Crippen molar-refractivity contribution in [3.8, 4) is 0 Å². The Morgan fingerprint density at radius 3 is 2.41 bits per heavy atom. The van der Waals surface area contributed by atoms with Crippen molar-refractivity contribution in [2.45, 2.75) is 13.5 Å². The minimum atomic E-state index is 0.636. The molecule has 2 N–H and O–H groups in total. The highest BCUT2D eigenvalue weighted by Gasteiger charge is 1.99. The van der Waals surface area contributed by atoms with Gasteiger partial charge in [-0.15, -0.1) is 0 Å². The third kappa shape index (κ3) is 3.62. The molecule has 3 rings (SSSR count). The van der Waals surface area contributed by atoms with Crippen LogP contribution in [0.25, 0.3) is 10.8 Å². The molecule has 3 aromatic rings. The smallest absolute Gasteiger partial charge is 0.171 e. The maximum absolute atomic E-state index is 5.34. The standard InChI is InChI=1S/C19H18N2S/c1-14-6-10-18(11-7-14)21-19(22)20-13-15-8-9-16-4-2-3-5-17(16)12-15/h2-12H,13H2,1H3,(H2,20,21,22). The fraction of sp³-hybridized carbons (Fsp3) is 0.105. The zero-order valence-electron chi connectivity index (χ0n) is 12.5. The Balaban J connectivity index is 1.60. The van der Waals surface area contributed by atoms with E-state index >= 15 is 0 Å². The van der Waals surface area contributed by atoms with Gasteiger partial charge in [-0.25, -0.2) is 0 Å². The van der Waals surface area contributed by atoms with Gasteiger partial charge in [0.05, 0.1) is 0 Å². The number of hydrogen-bond donors (Lipinski definition) is 2. The van der Waals surface area contributed by atoms with Gasteiger partial charge in [-0.2, -0.15) is 0 Å². The number of aryl methyl sites for hydroxylation is 1. The lowest BCUT2D eigenvalue weighted by Gasteiger charge is -2.11. The van der Waals surface area contributed by atoms with Crippen LogP contribution in [-0.4, -0.2) is 5.11 Å². The van der Waals surface area contributed by atoms with Crippen molar-refractivity contribution in [1.29, 1.82) is 0 Å². The second-order valence-corrected chi connectivity index (χ2v) is 5.76. The molecule has 0 saturated carbocycles. The maximum atomic E-state index is 5.34. The Bertz CT molecular complexity index is 794. The largest absolute Gasteiger partial charge is 0.358 e. The van der Waals surface area contributed by atoms with Gasteiger partial charge in [-0.1, -0.05) is 54.1 Å². The van der Waals surface area contributed by atoms with Crippen LogP contribution in [0.3, 0.4) is 0 Å². The van der Waals surface area contributed by atoms with Crippen LogP contribution in [0.5, 0.6) is 0 Å². The summed E-state index contributed by atoms with van der Waals surface area (Å²) in [5.74, 6) is 0. The average molecular weight is 306 g/mol. The van der Waals surface area contributed by atoms with Gasteiger partial charge >= 0.3 is 0 Å². The summed E-state index contributed by atoms with van der Waals surface area (Å²) in [7, 11) is 0. The van der Waals surface area contributed by atoms with E-state index in [1.807, 2.05) is 12.1 Å². The first kappa shape index (κ1) is 14.5. The molecular weight excluding hydrogens is 288 g/mol. The van der Waals surface area contributed by atoms with Crippen LogP contribution in [-0.2, 0) is 6.54 Å². The van der Waals surface area contributed by atoms with Crippen molar-refractivity contribution < 1.29 is 0 Å². The summed E-state index contributed by atoms with van der Waals surface area (Å²) in [6.45, 7) is 2.78. The fourth-order valence-electron chi connectivity index (χ4n) is 2.34. The zero-order chi connectivity index (χ0) is 15.4. The van der Waals surface area contributed by atoms with Gasteiger partial charge < -0.3 is 10.6 Å². The molecule has 0 fully saturated rings. The molecule has 0 aromatic heterocycles. The molecule has 0 unspecified atom stereocenters. The minimum Gasteiger partial charge on any atom is -0.358 e. The van der Waals surface area contributed by atoms with Crippen LogP contribution >= 0.6 is 12.2 Å². The number of benzene rings is 3. The van der Waals surface area contributed by atoms with E-state index < -0.39 is 0 Å². The first-order chi connectivity index (χ1) is 10.7. The van der Waals surface area contributed by atoms with Crippen LogP contribution in [0.1, 0.15) is 11.1 Å². The number of thiocarbonyl (C=S) groups is 1. The topological polar surface area (TPSA) is 24.1 Å². The van der Waals surface area contributed by atoms with Crippen LogP contribution in [0.4, 0.5) is 5.69 Å². The van der Waals surface area contributed by atoms with Gasteiger partial charge in [-0.3, -0.25) is 0 Å². The Kier molecular flexibility index (Phi) is 4.35. The Morgan fingerprint density at radius 1 is 0.909 bits per heavy atom. The molecule has 22 heavy (non-hydrogen) atoms. The SMILES string of the molecule is Cc1ccc(NC(=S)NCc2ccc3ccccc3c2)cc1. The predicted octanol–water partition coefficient (Wildman–Crippen LogP) is 4.63. The predicted molar refractivity (Wildman–Crippen MR) is 98.2 cm³/mol. The summed E-state index contributed by atoms with van der Waals surface area (Å²) in [5, 5.41) is 9.59. The number of anilines is 1. The zero-order valence-corrected chi connectivity index (χ0v) is 13.3. The van der Waals surface area contributed by atoms with Gasteiger partial charge in [0.15, 0.2) is 5.11 Å². The van der Waals surface area contributed by atoms with Gasteiger partial charge in [-0.05, 0) is 53.7 Å². The maximum Gasteiger partial charge on any atom is 0.171 e. The Morgan fingerprint density at radius 2 is 1.64 bits per heavy atom. The molecule has 110 valence electrons. The molecule has 0 aliphatic heterocycles. The monoisotopic (exact) mass is 306 g/mol. The molecule has 3 heteroatoms. The molecule has 0 radical (unpaired) electrons. The first-order valence-corrected chi connectivity index (χ1v) is 7.71. The first-order valence-electron chi connectivity index (χ1n) is 7.30. The molecular formula is C19H18N2S. The molecule has 3 aromatic carbocycles. The highest BCUT2D eigenvalue weighted by molar-refractivity contribution is 7.80. The quantitative estimate of drug-likeness (QED) is 0.690. The summed E-state index contributed by atoms with van der Waals surface area (Å²) < 4.78 is 0. The van der Waals surface area contributed by atoms with E-state index in [2.05, 4.69) is 72.2 Å². The molecule has 0 saturated heterocycles. The number of fused-ring (bicyclic) bond motifs is 1. The van der Waals surface area contributed by atoms with Crippen LogP contribution in [0.15, 0.2) is 66.7 Å². The van der Waals surface area contributed by atoms with Crippen LogP contribution in [0, 0.1) is 6.92 Å². The van der Waals surface area contributed by atoms with Crippen LogP contribution in [0.2, 0.25) is 0 Å². The second kappa shape index (κ2) is 6.58. The fourth-order valence-corrected chi connectivity index (χ4v) is 2.53. The van der Waals surface area contributed by atoms with E-state index in [1.54, 1.807) is 0 Å². The normalized spacial score (nSPS) is 10.4. The van der Waals surface area contributed by atoms with Gasteiger partial charge in [0.25, 0.3) is 0 Å². The molecule has 0 atom stereocenters. The van der Waals surface area contributed by atoms with Crippen molar-refractivity contribution in [3.05, 3.63) is 77.9 Å². The van der Waals surface area contributed by atoms with Crippen molar-refractivity contribution in [1.82, 2.24) is 5.32 Å². The molecule has 0 spiro atoms. The van der Waals surface area contributed by atoms with Crippen molar-refractivity contribution >= 4 is 33.8 Å². The Labute approximate surface area is 136 Å². The molecule has 0 aliphatic rings. The third-order valence-electron chi connectivity index (χ3n) is 3.58. The summed E-state index contributed by atoms with van der Waals surface area (Å²) in [4.78, 5) is 0. The Hall–Kier alpha value is -2.39. The van der Waals surface area contributed by atoms with E-state index in [0.29, 0.717) is 11.7 Å². The van der Waals surface area contributed by atoms with Crippen molar-refractivity contribution in [2.75, 3.05) is 5.32 Å². The highest BCUT2D eigenvalue weighted by Crippen LogP contribution is 2.15. The lowest BCUT2D eigenvalue weighted by atomic mass is 10.1. The molecule has 0 amide bonds. The molecule has 0 aliphatic carbocycles. The lowest BCUT2D eigenvalue weighted by Crippen LogP contribution is -2.27. The lowest BCUT2D eigenvalue weighted by molar-refractivity contribution is 0.928. The van der Waals surface area contributed by atoms with E-state index in [9.17, 15) is 0 Å². The van der Waals surface area contributed by atoms with E-state index in [0.717, 1.165) is 5.69 Å². The summed E-state index contributed by atoms with van der Waals surface area (Å²) in [6, 6.07) is 23.0. The number of hydrogen-bond acceptors (Lipinski definition) is 1. The van der Waals surface area contributed by atoms with Crippen molar-refractivity contribution in [2.24, 2.45) is 0 Å². The van der Waals surface area contributed by atoms with E-state index in [1.165, 1.54) is 21.9 Å². The van der Waals surface area contributed by atoms with Crippen LogP contribution < -0.4 is 10.6 Å². The average Bonchev–Trinajstić information content (AvgIpc) is 2.55. The van der Waals surface area contributed by atoms with Gasteiger partial charge in [0, 0.05) is 12.2 Å². The van der Waals surface area contributed by atoms with E-state index in [4.69, 9.17) is 12.2 Å². The summed E-state index contributed by atoms with van der Waals surface area (Å²) >= 11 is 5.34. The highest BCUT2D eigenvalue weighted by atomic mass is 32.1.